The minimum Gasteiger partial charge on any atom is -0.326 e. The average molecular weight is 506 g/mol. The van der Waals surface area contributed by atoms with E-state index >= 15 is 0 Å². The van der Waals surface area contributed by atoms with Crippen LogP contribution in [0.4, 0.5) is 11.4 Å². The Kier molecular flexibility index (Phi) is 8.10. The van der Waals surface area contributed by atoms with Crippen LogP contribution in [0.25, 0.3) is 0 Å². The molecular weight excluding hydrogens is 485 g/mol. The molecule has 2 amide bonds. The van der Waals surface area contributed by atoms with Gasteiger partial charge in [-0.3, -0.25) is 9.59 Å². The van der Waals surface area contributed by atoms with Crippen molar-refractivity contribution in [1.29, 1.82) is 0 Å². The molecule has 0 aliphatic carbocycles. The first-order chi connectivity index (χ1) is 15.6. The second kappa shape index (κ2) is 10.8. The van der Waals surface area contributed by atoms with Gasteiger partial charge in [-0.15, -0.1) is 0 Å². The molecule has 0 unspecified atom stereocenters. The van der Waals surface area contributed by atoms with E-state index in [2.05, 4.69) is 10.6 Å². The average Bonchev–Trinajstić information content (AvgIpc) is 2.76. The molecular formula is C23H21Cl2N3O4S. The van der Waals surface area contributed by atoms with E-state index in [0.29, 0.717) is 22.0 Å². The first-order valence-corrected chi connectivity index (χ1v) is 12.0. The van der Waals surface area contributed by atoms with Crippen LogP contribution in [0.15, 0.2) is 77.7 Å². The topological polar surface area (TPSA) is 95.6 Å². The van der Waals surface area contributed by atoms with Gasteiger partial charge in [-0.1, -0.05) is 53.5 Å². The van der Waals surface area contributed by atoms with Gasteiger partial charge in [0.2, 0.25) is 21.8 Å². The third-order valence-corrected chi connectivity index (χ3v) is 7.06. The van der Waals surface area contributed by atoms with Gasteiger partial charge in [0.05, 0.1) is 21.5 Å². The number of hydrogen-bond donors (Lipinski definition) is 2. The van der Waals surface area contributed by atoms with Gasteiger partial charge in [-0.2, -0.15) is 4.31 Å². The third kappa shape index (κ3) is 6.79. The maximum Gasteiger partial charge on any atom is 0.243 e. The van der Waals surface area contributed by atoms with Crippen molar-refractivity contribution in [2.45, 2.75) is 18.4 Å². The summed E-state index contributed by atoms with van der Waals surface area (Å²) in [6, 6.07) is 19.2. The van der Waals surface area contributed by atoms with Crippen molar-refractivity contribution in [2.24, 2.45) is 0 Å². The molecule has 172 valence electrons. The van der Waals surface area contributed by atoms with Gasteiger partial charge >= 0.3 is 0 Å². The molecule has 0 aromatic heterocycles. The highest BCUT2D eigenvalue weighted by atomic mass is 35.5. The molecule has 0 saturated carbocycles. The number of carbonyl (C=O) groups excluding carboxylic acids is 2. The van der Waals surface area contributed by atoms with Crippen LogP contribution in [-0.4, -0.2) is 31.1 Å². The lowest BCUT2D eigenvalue weighted by atomic mass is 10.2. The fraction of sp³-hybridized carbons (Fsp3) is 0.130. The molecule has 0 fully saturated rings. The predicted molar refractivity (Wildman–Crippen MR) is 130 cm³/mol. The monoisotopic (exact) mass is 505 g/mol. The van der Waals surface area contributed by atoms with Gasteiger partial charge in [0.1, 0.15) is 0 Å². The normalized spacial score (nSPS) is 11.3. The van der Waals surface area contributed by atoms with Crippen LogP contribution in [0.5, 0.6) is 0 Å². The van der Waals surface area contributed by atoms with Crippen molar-refractivity contribution < 1.29 is 18.0 Å². The lowest BCUT2D eigenvalue weighted by Crippen LogP contribution is -2.37. The van der Waals surface area contributed by atoms with Gasteiger partial charge in [0, 0.05) is 24.8 Å². The van der Waals surface area contributed by atoms with Gasteiger partial charge < -0.3 is 10.6 Å². The summed E-state index contributed by atoms with van der Waals surface area (Å²) in [5.74, 6) is -0.797. The lowest BCUT2D eigenvalue weighted by Gasteiger charge is -2.22. The predicted octanol–water partition coefficient (Wildman–Crippen LogP) is 4.78. The maximum absolute atomic E-state index is 13.3. The van der Waals surface area contributed by atoms with Crippen LogP contribution in [0, 0.1) is 0 Å². The maximum atomic E-state index is 13.3. The molecule has 7 nitrogen and oxygen atoms in total. The van der Waals surface area contributed by atoms with E-state index in [9.17, 15) is 18.0 Å². The number of amides is 2. The molecule has 3 aromatic rings. The minimum absolute atomic E-state index is 0.0607. The molecule has 0 bridgehead atoms. The third-order valence-electron chi connectivity index (χ3n) is 4.51. The second-order valence-corrected chi connectivity index (χ2v) is 9.90. The number of benzene rings is 3. The number of hydrogen-bond acceptors (Lipinski definition) is 4. The summed E-state index contributed by atoms with van der Waals surface area (Å²) in [5, 5.41) is 5.93. The molecule has 3 aromatic carbocycles. The smallest absolute Gasteiger partial charge is 0.243 e. The van der Waals surface area contributed by atoms with E-state index < -0.39 is 22.5 Å². The number of sulfonamides is 1. The molecule has 0 aliphatic heterocycles. The Balaban J connectivity index is 1.85. The highest BCUT2D eigenvalue weighted by Crippen LogP contribution is 2.25. The Hall–Kier alpha value is -2.91. The standard InChI is InChI=1S/C23H21Cl2N3O4S/c1-16(29)26-18-6-5-7-19(13-18)27-23(30)15-28(14-17-10-11-21(24)22(25)12-17)33(31,32)20-8-3-2-4-9-20/h2-13H,14-15H2,1H3,(H,26,29)(H,27,30). The molecule has 10 heteroatoms. The van der Waals surface area contributed by atoms with Crippen molar-refractivity contribution in [3.05, 3.63) is 88.4 Å². The molecule has 0 heterocycles. The van der Waals surface area contributed by atoms with Gasteiger partial charge in [-0.25, -0.2) is 8.42 Å². The summed E-state index contributed by atoms with van der Waals surface area (Å²) in [7, 11) is -3.99. The van der Waals surface area contributed by atoms with Crippen molar-refractivity contribution in [1.82, 2.24) is 4.31 Å². The summed E-state index contributed by atoms with van der Waals surface area (Å²) in [6.45, 7) is 0.843. The van der Waals surface area contributed by atoms with Crippen LogP contribution < -0.4 is 10.6 Å². The Labute approximate surface area is 202 Å². The second-order valence-electron chi connectivity index (χ2n) is 7.14. The van der Waals surface area contributed by atoms with Gasteiger partial charge in [0.15, 0.2) is 0 Å². The summed E-state index contributed by atoms with van der Waals surface area (Å²) in [6.07, 6.45) is 0. The van der Waals surface area contributed by atoms with Crippen LogP contribution in [0.1, 0.15) is 12.5 Å². The fourth-order valence-corrected chi connectivity index (χ4v) is 4.77. The number of carbonyl (C=O) groups is 2. The van der Waals surface area contributed by atoms with Crippen molar-refractivity contribution in [2.75, 3.05) is 17.2 Å². The molecule has 3 rings (SSSR count). The number of halogens is 2. The highest BCUT2D eigenvalue weighted by Gasteiger charge is 2.27. The van der Waals surface area contributed by atoms with Gasteiger partial charge in [0.25, 0.3) is 0 Å². The van der Waals surface area contributed by atoms with Gasteiger partial charge in [-0.05, 0) is 48.0 Å². The Morgan fingerprint density at radius 3 is 2.15 bits per heavy atom. The number of nitrogens with one attached hydrogen (secondary N) is 2. The molecule has 0 spiro atoms. The number of rotatable bonds is 8. The van der Waals surface area contributed by atoms with E-state index in [-0.39, 0.29) is 22.4 Å². The van der Waals surface area contributed by atoms with Crippen molar-refractivity contribution in [3.8, 4) is 0 Å². The van der Waals surface area contributed by atoms with Crippen LogP contribution >= 0.6 is 23.2 Å². The summed E-state index contributed by atoms with van der Waals surface area (Å²) < 4.78 is 27.6. The van der Waals surface area contributed by atoms with E-state index in [1.807, 2.05) is 0 Å². The first-order valence-electron chi connectivity index (χ1n) is 9.82. The van der Waals surface area contributed by atoms with Crippen molar-refractivity contribution in [3.63, 3.8) is 0 Å². The summed E-state index contributed by atoms with van der Waals surface area (Å²) in [4.78, 5) is 24.1. The lowest BCUT2D eigenvalue weighted by molar-refractivity contribution is -0.116. The molecule has 0 aliphatic rings. The Morgan fingerprint density at radius 1 is 0.848 bits per heavy atom. The first kappa shape index (κ1) is 24.7. The van der Waals surface area contributed by atoms with Crippen LogP contribution in [0.2, 0.25) is 10.0 Å². The van der Waals surface area contributed by atoms with Crippen LogP contribution in [-0.2, 0) is 26.2 Å². The molecule has 0 radical (unpaired) electrons. The van der Waals surface area contributed by atoms with E-state index in [4.69, 9.17) is 23.2 Å². The highest BCUT2D eigenvalue weighted by molar-refractivity contribution is 7.89. The zero-order valence-corrected chi connectivity index (χ0v) is 19.9. The quantitative estimate of drug-likeness (QED) is 0.460. The zero-order chi connectivity index (χ0) is 24.0. The van der Waals surface area contributed by atoms with E-state index in [0.717, 1.165) is 4.31 Å². The fourth-order valence-electron chi connectivity index (χ4n) is 3.05. The largest absolute Gasteiger partial charge is 0.326 e. The van der Waals surface area contributed by atoms with Crippen molar-refractivity contribution >= 4 is 56.4 Å². The molecule has 33 heavy (non-hydrogen) atoms. The Bertz CT molecular complexity index is 1270. The molecule has 2 N–H and O–H groups in total. The summed E-state index contributed by atoms with van der Waals surface area (Å²) in [5.41, 5.74) is 1.49. The Morgan fingerprint density at radius 2 is 1.52 bits per heavy atom. The molecule has 0 saturated heterocycles. The zero-order valence-electron chi connectivity index (χ0n) is 17.6. The minimum atomic E-state index is -3.99. The number of anilines is 2. The summed E-state index contributed by atoms with van der Waals surface area (Å²) >= 11 is 12.1. The number of nitrogens with zero attached hydrogens (tertiary/aromatic N) is 1. The van der Waals surface area contributed by atoms with E-state index in [1.165, 1.54) is 19.1 Å². The van der Waals surface area contributed by atoms with E-state index in [1.54, 1.807) is 60.7 Å². The van der Waals surface area contributed by atoms with Crippen LogP contribution in [0.3, 0.4) is 0 Å². The SMILES string of the molecule is CC(=O)Nc1cccc(NC(=O)CN(Cc2ccc(Cl)c(Cl)c2)S(=O)(=O)c2ccccc2)c1. The molecule has 0 atom stereocenters.